The summed E-state index contributed by atoms with van der Waals surface area (Å²) in [7, 11) is 0. The fourth-order valence-corrected chi connectivity index (χ4v) is 4.12. The number of rotatable bonds is 7. The Balaban J connectivity index is 1.43. The molecule has 0 aliphatic rings. The molecule has 8 nitrogen and oxygen atoms in total. The van der Waals surface area contributed by atoms with E-state index in [1.54, 1.807) is 19.2 Å². The van der Waals surface area contributed by atoms with Crippen molar-refractivity contribution in [1.82, 2.24) is 14.7 Å². The molecule has 0 aliphatic carbocycles. The molecule has 0 saturated carbocycles. The number of carbonyl (C=O) groups is 2. The zero-order valence-corrected chi connectivity index (χ0v) is 18.9. The van der Waals surface area contributed by atoms with Crippen molar-refractivity contribution >= 4 is 33.8 Å². The third-order valence-corrected chi connectivity index (χ3v) is 5.79. The number of aromatic nitrogens is 3. The highest BCUT2D eigenvalue weighted by atomic mass is 16.5. The fourth-order valence-electron chi connectivity index (χ4n) is 4.12. The number of pyridine rings is 1. The summed E-state index contributed by atoms with van der Waals surface area (Å²) < 4.78 is 12.6. The average Bonchev–Trinajstić information content (AvgIpc) is 3.46. The third kappa shape index (κ3) is 4.15. The van der Waals surface area contributed by atoms with E-state index in [4.69, 9.17) is 14.5 Å². The van der Waals surface area contributed by atoms with Crippen LogP contribution in [0, 0.1) is 18.3 Å². The lowest BCUT2D eigenvalue weighted by molar-refractivity contribution is 0.0477. The van der Waals surface area contributed by atoms with Gasteiger partial charge in [0.25, 0.3) is 5.71 Å². The van der Waals surface area contributed by atoms with Gasteiger partial charge in [-0.25, -0.2) is 9.78 Å². The first-order valence-corrected chi connectivity index (χ1v) is 11.0. The lowest BCUT2D eigenvalue weighted by atomic mass is 10.1. The number of Topliss-reactive ketones (excluding diaryl/α,β-unsaturated/α-hetero) is 1. The molecule has 172 valence electrons. The molecule has 0 fully saturated rings. The molecule has 35 heavy (non-hydrogen) atoms. The van der Waals surface area contributed by atoms with E-state index < -0.39 is 12.6 Å². The monoisotopic (exact) mass is 464 g/mol. The SMILES string of the molecule is Cc1noc2nc(-c3ccccc3)cc(C(=O)OCC(=O)c3cn(CCC#N)c4ccccc34)c12. The summed E-state index contributed by atoms with van der Waals surface area (Å²) >= 11 is 0. The van der Waals surface area contributed by atoms with Gasteiger partial charge in [-0.1, -0.05) is 53.7 Å². The number of esters is 1. The molecule has 8 heteroatoms. The van der Waals surface area contributed by atoms with Crippen LogP contribution in [0.4, 0.5) is 0 Å². The van der Waals surface area contributed by atoms with Gasteiger partial charge in [-0.2, -0.15) is 5.26 Å². The normalized spacial score (nSPS) is 11.0. The molecule has 0 aliphatic heterocycles. The molecule has 0 amide bonds. The number of aryl methyl sites for hydroxylation is 2. The highest BCUT2D eigenvalue weighted by Gasteiger charge is 2.22. The van der Waals surface area contributed by atoms with Crippen LogP contribution in [0.2, 0.25) is 0 Å². The van der Waals surface area contributed by atoms with Crippen LogP contribution >= 0.6 is 0 Å². The molecule has 0 saturated heterocycles. The lowest BCUT2D eigenvalue weighted by Gasteiger charge is -2.07. The Morgan fingerprint density at radius 1 is 1.09 bits per heavy atom. The van der Waals surface area contributed by atoms with Gasteiger partial charge >= 0.3 is 5.97 Å². The van der Waals surface area contributed by atoms with E-state index in [0.717, 1.165) is 16.5 Å². The molecular weight excluding hydrogens is 444 g/mol. The van der Waals surface area contributed by atoms with Crippen LogP contribution in [0.15, 0.2) is 71.4 Å². The number of fused-ring (bicyclic) bond motifs is 2. The number of nitriles is 1. The average molecular weight is 464 g/mol. The molecule has 0 radical (unpaired) electrons. The summed E-state index contributed by atoms with van der Waals surface area (Å²) in [6.45, 7) is 1.75. The number of hydrogen-bond donors (Lipinski definition) is 0. The van der Waals surface area contributed by atoms with Crippen molar-refractivity contribution in [2.75, 3.05) is 6.61 Å². The van der Waals surface area contributed by atoms with E-state index in [0.29, 0.717) is 35.3 Å². The number of nitrogens with zero attached hydrogens (tertiary/aromatic N) is 4. The van der Waals surface area contributed by atoms with E-state index in [1.165, 1.54) is 0 Å². The van der Waals surface area contributed by atoms with Crippen molar-refractivity contribution in [3.05, 3.63) is 83.7 Å². The minimum atomic E-state index is -0.664. The predicted molar refractivity (Wildman–Crippen MR) is 129 cm³/mol. The van der Waals surface area contributed by atoms with Crippen LogP contribution in [0.5, 0.6) is 0 Å². The van der Waals surface area contributed by atoms with Crippen molar-refractivity contribution in [3.8, 4) is 17.3 Å². The molecule has 3 heterocycles. The van der Waals surface area contributed by atoms with Crippen molar-refractivity contribution in [2.24, 2.45) is 0 Å². The minimum Gasteiger partial charge on any atom is -0.454 e. The Morgan fingerprint density at radius 2 is 1.86 bits per heavy atom. The number of para-hydroxylation sites is 1. The molecule has 0 bridgehead atoms. The molecule has 3 aromatic heterocycles. The van der Waals surface area contributed by atoms with Gasteiger partial charge < -0.3 is 13.8 Å². The molecule has 0 spiro atoms. The van der Waals surface area contributed by atoms with Gasteiger partial charge in [-0.3, -0.25) is 4.79 Å². The number of ketones is 1. The molecule has 0 unspecified atom stereocenters. The molecule has 0 atom stereocenters. The van der Waals surface area contributed by atoms with Crippen LogP contribution in [0.25, 0.3) is 33.3 Å². The van der Waals surface area contributed by atoms with Crippen molar-refractivity contribution in [1.29, 1.82) is 5.26 Å². The van der Waals surface area contributed by atoms with E-state index >= 15 is 0 Å². The number of hydrogen-bond acceptors (Lipinski definition) is 7. The first kappa shape index (κ1) is 22.0. The minimum absolute atomic E-state index is 0.225. The van der Waals surface area contributed by atoms with E-state index in [1.807, 2.05) is 59.2 Å². The van der Waals surface area contributed by atoms with Gasteiger partial charge in [-0.15, -0.1) is 0 Å². The molecule has 5 rings (SSSR count). The summed E-state index contributed by atoms with van der Waals surface area (Å²) in [5, 5.41) is 14.1. The standard InChI is InChI=1S/C27H20N4O4/c1-17-25-20(14-22(29-26(25)35-30-17)18-8-3-2-4-9-18)27(33)34-16-24(32)21-15-31(13-7-12-28)23-11-6-5-10-19(21)23/h2-6,8-11,14-15H,7,13,16H2,1H3. The molecular formula is C27H20N4O4. The first-order chi connectivity index (χ1) is 17.1. The Hall–Kier alpha value is -4.77. The van der Waals surface area contributed by atoms with Gasteiger partial charge in [0, 0.05) is 34.8 Å². The fraction of sp³-hybridized carbons (Fsp3) is 0.148. The van der Waals surface area contributed by atoms with Crippen molar-refractivity contribution in [3.63, 3.8) is 0 Å². The topological polar surface area (TPSA) is 111 Å². The van der Waals surface area contributed by atoms with Gasteiger partial charge in [-0.05, 0) is 19.1 Å². The number of benzene rings is 2. The summed E-state index contributed by atoms with van der Waals surface area (Å²) in [4.78, 5) is 30.7. The second-order valence-electron chi connectivity index (χ2n) is 8.03. The molecule has 5 aromatic rings. The zero-order valence-electron chi connectivity index (χ0n) is 18.9. The third-order valence-electron chi connectivity index (χ3n) is 5.79. The summed E-state index contributed by atoms with van der Waals surface area (Å²) in [6, 6.07) is 20.6. The van der Waals surface area contributed by atoms with Gasteiger partial charge in [0.2, 0.25) is 5.78 Å². The zero-order chi connectivity index (χ0) is 24.4. The van der Waals surface area contributed by atoms with Crippen LogP contribution in [0.3, 0.4) is 0 Å². The summed E-state index contributed by atoms with van der Waals surface area (Å²) in [6.07, 6.45) is 2.03. The van der Waals surface area contributed by atoms with E-state index in [-0.39, 0.29) is 17.1 Å². The smallest absolute Gasteiger partial charge is 0.339 e. The van der Waals surface area contributed by atoms with Crippen LogP contribution in [-0.4, -0.2) is 33.1 Å². The van der Waals surface area contributed by atoms with Gasteiger partial charge in [0.05, 0.1) is 34.8 Å². The highest BCUT2D eigenvalue weighted by molar-refractivity contribution is 6.10. The Labute approximate surface area is 200 Å². The number of carbonyl (C=O) groups excluding carboxylic acids is 2. The summed E-state index contributed by atoms with van der Waals surface area (Å²) in [5.74, 6) is -0.997. The van der Waals surface area contributed by atoms with Crippen molar-refractivity contribution in [2.45, 2.75) is 19.9 Å². The quantitative estimate of drug-likeness (QED) is 0.243. The Morgan fingerprint density at radius 3 is 2.66 bits per heavy atom. The Bertz CT molecular complexity index is 1610. The maximum atomic E-state index is 13.1. The van der Waals surface area contributed by atoms with E-state index in [2.05, 4.69) is 16.2 Å². The molecule has 0 N–H and O–H groups in total. The number of ether oxygens (including phenoxy) is 1. The van der Waals surface area contributed by atoms with E-state index in [9.17, 15) is 9.59 Å². The summed E-state index contributed by atoms with van der Waals surface area (Å²) in [5.41, 5.74) is 3.59. The second kappa shape index (κ2) is 9.23. The highest BCUT2D eigenvalue weighted by Crippen LogP contribution is 2.28. The maximum Gasteiger partial charge on any atom is 0.339 e. The first-order valence-electron chi connectivity index (χ1n) is 11.0. The van der Waals surface area contributed by atoms with Gasteiger partial charge in [0.1, 0.15) is 0 Å². The Kier molecular flexibility index (Phi) is 5.81. The largest absolute Gasteiger partial charge is 0.454 e. The molecule has 2 aromatic carbocycles. The predicted octanol–water partition coefficient (Wildman–Crippen LogP) is 5.11. The van der Waals surface area contributed by atoms with Gasteiger partial charge in [0.15, 0.2) is 6.61 Å². The van der Waals surface area contributed by atoms with Crippen molar-refractivity contribution < 1.29 is 18.8 Å². The van der Waals surface area contributed by atoms with Crippen LogP contribution in [-0.2, 0) is 11.3 Å². The van der Waals surface area contributed by atoms with Crippen LogP contribution < -0.4 is 0 Å². The van der Waals surface area contributed by atoms with Crippen LogP contribution in [0.1, 0.15) is 32.8 Å². The lowest BCUT2D eigenvalue weighted by Crippen LogP contribution is -2.15. The second-order valence-corrected chi connectivity index (χ2v) is 8.03. The maximum absolute atomic E-state index is 13.1.